The fraction of sp³-hybridized carbons (Fsp3) is 0.429. The minimum atomic E-state index is -0.436. The molecule has 3 fully saturated rings. The molecular weight excluding hydrogens is 594 g/mol. The maximum absolute atomic E-state index is 13.2. The maximum atomic E-state index is 13.2. The summed E-state index contributed by atoms with van der Waals surface area (Å²) in [6.45, 7) is -0.211. The highest BCUT2D eigenvalue weighted by Crippen LogP contribution is 2.51. The van der Waals surface area contributed by atoms with Crippen LogP contribution in [0.2, 0.25) is 5.02 Å². The lowest BCUT2D eigenvalue weighted by Gasteiger charge is -2.45. The second-order valence-electron chi connectivity index (χ2n) is 12.8. The minimum Gasteiger partial charge on any atom is -0.496 e. The molecule has 2 amide bonds. The van der Waals surface area contributed by atoms with E-state index in [1.54, 1.807) is 12.1 Å². The third kappa shape index (κ3) is 6.67. The van der Waals surface area contributed by atoms with Crippen molar-refractivity contribution >= 4 is 35.0 Å². The van der Waals surface area contributed by atoms with E-state index in [0.717, 1.165) is 46.9 Å². The zero-order chi connectivity index (χ0) is 31.7. The first-order valence-corrected chi connectivity index (χ1v) is 16.0. The summed E-state index contributed by atoms with van der Waals surface area (Å²) in [6, 6.07) is 20.0. The van der Waals surface area contributed by atoms with Gasteiger partial charge >= 0.3 is 6.09 Å². The first-order chi connectivity index (χ1) is 21.7. The number of aliphatic hydroxyl groups is 1. The first-order valence-electron chi connectivity index (χ1n) is 15.6. The molecule has 3 heterocycles. The molecule has 1 unspecified atom stereocenters. The van der Waals surface area contributed by atoms with E-state index in [-0.39, 0.29) is 18.6 Å². The van der Waals surface area contributed by atoms with Crippen LogP contribution in [0.4, 0.5) is 16.2 Å². The van der Waals surface area contributed by atoms with Crippen LogP contribution >= 0.6 is 11.6 Å². The molecule has 3 aliphatic rings. The third-order valence-electron chi connectivity index (χ3n) is 9.65. The van der Waals surface area contributed by atoms with Gasteiger partial charge in [0.05, 0.1) is 44.2 Å². The molecule has 3 saturated heterocycles. The predicted molar refractivity (Wildman–Crippen MR) is 173 cm³/mol. The van der Waals surface area contributed by atoms with Crippen molar-refractivity contribution in [2.45, 2.75) is 75.5 Å². The number of morpholine rings is 1. The van der Waals surface area contributed by atoms with Crippen molar-refractivity contribution in [3.63, 3.8) is 0 Å². The van der Waals surface area contributed by atoms with Gasteiger partial charge in [-0.15, -0.1) is 0 Å². The number of anilines is 2. The van der Waals surface area contributed by atoms with Crippen molar-refractivity contribution in [1.82, 2.24) is 0 Å². The molecule has 2 bridgehead atoms. The molecule has 3 N–H and O–H groups in total. The van der Waals surface area contributed by atoms with Gasteiger partial charge in [-0.1, -0.05) is 54.1 Å². The van der Waals surface area contributed by atoms with Crippen LogP contribution in [0.3, 0.4) is 0 Å². The number of hydrogen-bond donors (Lipinski definition) is 3. The number of ether oxygens (including phenoxy) is 3. The number of unbranched alkanes of at least 4 members (excludes halogenated alkanes) is 1. The van der Waals surface area contributed by atoms with Crippen molar-refractivity contribution in [2.24, 2.45) is 0 Å². The molecule has 0 spiro atoms. The number of halogens is 1. The van der Waals surface area contributed by atoms with Crippen LogP contribution in [0.15, 0.2) is 60.7 Å². The van der Waals surface area contributed by atoms with E-state index < -0.39 is 6.09 Å². The summed E-state index contributed by atoms with van der Waals surface area (Å²) >= 11 is 6.29. The van der Waals surface area contributed by atoms with Crippen molar-refractivity contribution in [3.05, 3.63) is 76.8 Å². The Bertz CT molecular complexity index is 1540. The number of nitrogens with zero attached hydrogens (tertiary/aromatic N) is 1. The number of nitrogens with one attached hydrogen (secondary N) is 2. The van der Waals surface area contributed by atoms with Crippen molar-refractivity contribution in [3.8, 4) is 16.9 Å². The van der Waals surface area contributed by atoms with Crippen molar-refractivity contribution in [2.75, 3.05) is 31.8 Å². The molecule has 0 aliphatic carbocycles. The Hall–Kier alpha value is -3.63. The van der Waals surface area contributed by atoms with E-state index in [2.05, 4.69) is 30.8 Å². The van der Waals surface area contributed by atoms with Gasteiger partial charge in [0.1, 0.15) is 36.1 Å². The molecule has 3 aliphatic heterocycles. The SMILES string of the molecule is COc1cc(NC(=O)CCCCc2ccc(-c3ccccc3)c(NC(=O)OC3C[C@@H]4[C@H]5O[C@H]5[C@H](C3)[N+]4(C)C)c2)c(Cl)cc1CO. The Morgan fingerprint density at radius 2 is 1.71 bits per heavy atom. The summed E-state index contributed by atoms with van der Waals surface area (Å²) in [4.78, 5) is 25.8. The van der Waals surface area contributed by atoms with Gasteiger partial charge < -0.3 is 29.1 Å². The Balaban J connectivity index is 1.06. The number of aliphatic hydroxyl groups excluding tert-OH is 1. The summed E-state index contributed by atoms with van der Waals surface area (Å²) in [5.41, 5.74) is 4.69. The molecule has 6 rings (SSSR count). The Morgan fingerprint density at radius 1 is 0.978 bits per heavy atom. The summed E-state index contributed by atoms with van der Waals surface area (Å²) < 4.78 is 18.1. The highest BCUT2D eigenvalue weighted by molar-refractivity contribution is 6.33. The molecular formula is C35H41ClN3O6+. The number of epoxide rings is 1. The fourth-order valence-corrected chi connectivity index (χ4v) is 7.38. The largest absolute Gasteiger partial charge is 0.496 e. The monoisotopic (exact) mass is 634 g/mol. The van der Waals surface area contributed by atoms with E-state index >= 15 is 0 Å². The molecule has 3 aromatic rings. The van der Waals surface area contributed by atoms with Gasteiger partial charge in [0.15, 0.2) is 0 Å². The summed E-state index contributed by atoms with van der Waals surface area (Å²) in [7, 11) is 6.02. The van der Waals surface area contributed by atoms with Gasteiger partial charge in [-0.3, -0.25) is 10.1 Å². The van der Waals surface area contributed by atoms with Crippen molar-refractivity contribution in [1.29, 1.82) is 0 Å². The van der Waals surface area contributed by atoms with Gasteiger partial charge in [-0.05, 0) is 42.5 Å². The number of rotatable bonds is 11. The number of aryl methyl sites for hydroxylation is 1. The summed E-state index contributed by atoms with van der Waals surface area (Å²) in [5, 5.41) is 15.7. The van der Waals surface area contributed by atoms with Gasteiger partial charge in [0, 0.05) is 36.5 Å². The molecule has 9 nitrogen and oxygen atoms in total. The second kappa shape index (κ2) is 13.0. The highest BCUT2D eigenvalue weighted by atomic mass is 35.5. The van der Waals surface area contributed by atoms with Crippen LogP contribution in [-0.2, 0) is 27.3 Å². The fourth-order valence-electron chi connectivity index (χ4n) is 7.14. The number of carbonyl (C=O) groups is 2. The zero-order valence-corrected chi connectivity index (χ0v) is 26.7. The Labute approximate surface area is 269 Å². The van der Waals surface area contributed by atoms with Gasteiger partial charge in [-0.2, -0.15) is 0 Å². The topological polar surface area (TPSA) is 109 Å². The number of piperidine rings is 1. The molecule has 3 aromatic carbocycles. The zero-order valence-electron chi connectivity index (χ0n) is 25.9. The van der Waals surface area contributed by atoms with E-state index in [1.165, 1.54) is 7.11 Å². The number of benzene rings is 3. The number of fused-ring (bicyclic) bond motifs is 5. The van der Waals surface area contributed by atoms with Crippen molar-refractivity contribution < 1.29 is 33.4 Å². The predicted octanol–water partition coefficient (Wildman–Crippen LogP) is 6.16. The molecule has 45 heavy (non-hydrogen) atoms. The molecule has 5 atom stereocenters. The highest BCUT2D eigenvalue weighted by Gasteiger charge is 2.70. The smallest absolute Gasteiger partial charge is 0.411 e. The maximum Gasteiger partial charge on any atom is 0.411 e. The molecule has 0 radical (unpaired) electrons. The number of amides is 2. The normalized spacial score (nSPS) is 24.0. The molecule has 0 aromatic heterocycles. The third-order valence-corrected chi connectivity index (χ3v) is 9.96. The lowest BCUT2D eigenvalue weighted by molar-refractivity contribution is -0.938. The van der Waals surface area contributed by atoms with Gasteiger partial charge in [0.2, 0.25) is 5.91 Å². The Morgan fingerprint density at radius 3 is 2.40 bits per heavy atom. The van der Waals surface area contributed by atoms with E-state index in [9.17, 15) is 14.7 Å². The standard InChI is InChI=1S/C35H40ClN3O6/c1-39(2)29-17-24(18-30(39)34-33(29)45-34)44-35(42)38-27-15-21(13-14-25(27)22-10-5-4-6-11-22)9-7-8-12-32(41)37-28-19-31(43-3)23(20-40)16-26(28)36/h4-6,10-11,13-16,19,24,29-30,33-34,40H,7-9,12,17-18,20H2,1-3H3,(H-,37,38,41,42)/p+1/t24?,29-,30+,33-,34+. The van der Waals surface area contributed by atoms with Crippen LogP contribution < -0.4 is 15.4 Å². The van der Waals surface area contributed by atoms with Crippen LogP contribution in [0.5, 0.6) is 5.75 Å². The quantitative estimate of drug-likeness (QED) is 0.132. The molecule has 10 heteroatoms. The number of likely N-dealkylation sites (N-methyl/N-ethyl adjacent to an activating group) is 1. The lowest BCUT2D eigenvalue weighted by Crippen LogP contribution is -2.60. The number of quaternary nitrogens is 1. The number of hydrogen-bond acceptors (Lipinski definition) is 6. The number of methoxy groups -OCH3 is 1. The lowest BCUT2D eigenvalue weighted by atomic mass is 9.96. The van der Waals surface area contributed by atoms with Crippen LogP contribution in [-0.4, -0.2) is 73.2 Å². The van der Waals surface area contributed by atoms with Gasteiger partial charge in [0.25, 0.3) is 0 Å². The average molecular weight is 635 g/mol. The second-order valence-corrected chi connectivity index (χ2v) is 13.2. The van der Waals surface area contributed by atoms with E-state index in [0.29, 0.717) is 64.8 Å². The first kappa shape index (κ1) is 31.4. The Kier molecular flexibility index (Phi) is 9.06. The summed E-state index contributed by atoms with van der Waals surface area (Å²) in [5.74, 6) is 0.312. The summed E-state index contributed by atoms with van der Waals surface area (Å²) in [6.07, 6.45) is 4.18. The average Bonchev–Trinajstić information content (AvgIpc) is 3.79. The number of carbonyl (C=O) groups excluding carboxylic acids is 2. The minimum absolute atomic E-state index is 0.124. The van der Waals surface area contributed by atoms with Crippen LogP contribution in [0.1, 0.15) is 43.2 Å². The molecule has 0 saturated carbocycles. The van der Waals surface area contributed by atoms with Crippen LogP contribution in [0, 0.1) is 0 Å². The van der Waals surface area contributed by atoms with E-state index in [1.807, 2.05) is 42.5 Å². The molecule has 238 valence electrons. The van der Waals surface area contributed by atoms with Gasteiger partial charge in [-0.25, -0.2) is 4.79 Å². The van der Waals surface area contributed by atoms with E-state index in [4.69, 9.17) is 25.8 Å². The van der Waals surface area contributed by atoms with Crippen LogP contribution in [0.25, 0.3) is 11.1 Å².